The Morgan fingerprint density at radius 2 is 1.87 bits per heavy atom. The number of halogens is 3. The van der Waals surface area contributed by atoms with Crippen molar-refractivity contribution in [3.63, 3.8) is 0 Å². The van der Waals surface area contributed by atoms with Gasteiger partial charge in [-0.25, -0.2) is 0 Å². The van der Waals surface area contributed by atoms with Gasteiger partial charge < -0.3 is 10.3 Å². The summed E-state index contributed by atoms with van der Waals surface area (Å²) in [7, 11) is 0. The van der Waals surface area contributed by atoms with Gasteiger partial charge in [0.05, 0.1) is 49.1 Å². The summed E-state index contributed by atoms with van der Waals surface area (Å²) in [6, 6.07) is 10.7. The second-order valence-corrected chi connectivity index (χ2v) is 7.79. The zero-order chi connectivity index (χ0) is 22.1. The van der Waals surface area contributed by atoms with E-state index in [1.807, 2.05) is 31.2 Å². The van der Waals surface area contributed by atoms with Gasteiger partial charge in [0.15, 0.2) is 5.41 Å². The lowest BCUT2D eigenvalue weighted by Crippen LogP contribution is -3.13. The number of quaternary nitrogens is 1. The number of fused-ring (bicyclic) bond motifs is 1. The van der Waals surface area contributed by atoms with Crippen molar-refractivity contribution in [2.24, 2.45) is 17.3 Å². The van der Waals surface area contributed by atoms with E-state index in [9.17, 15) is 29.0 Å². The molecule has 2 unspecified atom stereocenters. The van der Waals surface area contributed by atoms with Crippen LogP contribution < -0.4 is 4.90 Å². The molecule has 0 aromatic heterocycles. The Balaban J connectivity index is 2.30. The Bertz CT molecular complexity index is 991. The molecule has 1 aliphatic carbocycles. The van der Waals surface area contributed by atoms with Crippen LogP contribution in [0.3, 0.4) is 0 Å². The van der Waals surface area contributed by atoms with Crippen LogP contribution in [-0.4, -0.2) is 25.3 Å². The second-order valence-electron chi connectivity index (χ2n) is 7.79. The number of nitriles is 3. The van der Waals surface area contributed by atoms with Crippen molar-refractivity contribution in [2.45, 2.75) is 25.4 Å². The van der Waals surface area contributed by atoms with Gasteiger partial charge in [0.2, 0.25) is 0 Å². The van der Waals surface area contributed by atoms with Crippen molar-refractivity contribution in [2.75, 3.05) is 19.6 Å². The van der Waals surface area contributed by atoms with Gasteiger partial charge in [-0.1, -0.05) is 25.1 Å². The van der Waals surface area contributed by atoms with Gasteiger partial charge in [0.25, 0.3) is 0 Å². The lowest BCUT2D eigenvalue weighted by molar-refractivity contribution is -0.899. The molecule has 2 N–H and O–H groups in total. The van der Waals surface area contributed by atoms with Gasteiger partial charge in [-0.15, -0.1) is 0 Å². The van der Waals surface area contributed by atoms with E-state index in [4.69, 9.17) is 5.41 Å². The minimum Gasteiger partial charge on any atom is -0.331 e. The standard InChI is InChI=1S/C22H20F3N5/c1-2-8-30-9-7-14-16(10-26)20(29)21(12-27,13-28)19(17(14)11-30)15-5-3-4-6-18(15)22(23,24)25/h3-7,16-17,19,29H,2,8-9,11H2,1H3/p+1/t16?,17-,19+/m0/s1. The van der Waals surface area contributed by atoms with E-state index >= 15 is 0 Å². The Labute approximate surface area is 173 Å². The summed E-state index contributed by atoms with van der Waals surface area (Å²) in [6.07, 6.45) is -1.98. The smallest absolute Gasteiger partial charge is 0.331 e. The number of benzene rings is 1. The summed E-state index contributed by atoms with van der Waals surface area (Å²) in [5, 5.41) is 38.2. The summed E-state index contributed by atoms with van der Waals surface area (Å²) < 4.78 is 41.5. The topological polar surface area (TPSA) is 99.7 Å². The highest BCUT2D eigenvalue weighted by Gasteiger charge is 2.59. The van der Waals surface area contributed by atoms with Crippen LogP contribution in [0.25, 0.3) is 0 Å². The van der Waals surface area contributed by atoms with Crippen molar-refractivity contribution < 1.29 is 18.1 Å². The Morgan fingerprint density at radius 1 is 1.20 bits per heavy atom. The highest BCUT2D eigenvalue weighted by molar-refractivity contribution is 6.00. The van der Waals surface area contributed by atoms with E-state index in [1.165, 1.54) is 18.2 Å². The van der Waals surface area contributed by atoms with Crippen LogP contribution in [0, 0.1) is 56.7 Å². The lowest BCUT2D eigenvalue weighted by Gasteiger charge is -2.46. The highest BCUT2D eigenvalue weighted by atomic mass is 19.4. The first-order valence-electron chi connectivity index (χ1n) is 9.75. The minimum atomic E-state index is -4.67. The molecule has 4 atom stereocenters. The van der Waals surface area contributed by atoms with Gasteiger partial charge in [-0.05, 0) is 29.7 Å². The first-order chi connectivity index (χ1) is 14.2. The zero-order valence-electron chi connectivity index (χ0n) is 16.4. The van der Waals surface area contributed by atoms with E-state index in [0.29, 0.717) is 18.7 Å². The average Bonchev–Trinajstić information content (AvgIpc) is 2.73. The predicted molar refractivity (Wildman–Crippen MR) is 102 cm³/mol. The molecule has 154 valence electrons. The number of hydrogen-bond donors (Lipinski definition) is 2. The van der Waals surface area contributed by atoms with E-state index in [1.54, 1.807) is 0 Å². The van der Waals surface area contributed by atoms with Crippen molar-refractivity contribution in [1.29, 1.82) is 21.2 Å². The molecule has 0 saturated heterocycles. The molecule has 1 aliphatic heterocycles. The van der Waals surface area contributed by atoms with Crippen molar-refractivity contribution >= 4 is 5.71 Å². The molecular formula is C22H21F3N5+. The summed E-state index contributed by atoms with van der Waals surface area (Å²) in [5.41, 5.74) is -3.08. The fourth-order valence-electron chi connectivity index (χ4n) is 4.89. The Morgan fingerprint density at radius 3 is 2.43 bits per heavy atom. The van der Waals surface area contributed by atoms with Gasteiger partial charge in [0, 0.05) is 11.8 Å². The van der Waals surface area contributed by atoms with Gasteiger partial charge in [-0.3, -0.25) is 0 Å². The normalized spacial score (nSPS) is 27.8. The van der Waals surface area contributed by atoms with Crippen LogP contribution in [0.1, 0.15) is 30.4 Å². The molecule has 1 fully saturated rings. The summed E-state index contributed by atoms with van der Waals surface area (Å²) >= 11 is 0. The van der Waals surface area contributed by atoms with Crippen LogP contribution in [-0.2, 0) is 6.18 Å². The molecule has 2 aliphatic rings. The maximum Gasteiger partial charge on any atom is 0.416 e. The summed E-state index contributed by atoms with van der Waals surface area (Å²) in [6.45, 7) is 3.80. The molecule has 30 heavy (non-hydrogen) atoms. The van der Waals surface area contributed by atoms with Gasteiger partial charge >= 0.3 is 6.18 Å². The number of rotatable bonds is 3. The summed E-state index contributed by atoms with van der Waals surface area (Å²) in [4.78, 5) is 1.12. The van der Waals surface area contributed by atoms with Gasteiger partial charge in [0.1, 0.15) is 5.92 Å². The zero-order valence-corrected chi connectivity index (χ0v) is 16.4. The molecule has 3 rings (SSSR count). The fourth-order valence-corrected chi connectivity index (χ4v) is 4.89. The van der Waals surface area contributed by atoms with Crippen LogP contribution in [0.4, 0.5) is 13.2 Å². The number of alkyl halides is 3. The van der Waals surface area contributed by atoms with Crippen LogP contribution in [0.2, 0.25) is 0 Å². The van der Waals surface area contributed by atoms with Crippen molar-refractivity contribution in [3.05, 3.63) is 47.0 Å². The number of nitrogens with one attached hydrogen (secondary N) is 2. The average molecular weight is 412 g/mol. The molecule has 0 radical (unpaired) electrons. The molecule has 8 heteroatoms. The molecule has 5 nitrogen and oxygen atoms in total. The first kappa shape index (κ1) is 21.6. The van der Waals surface area contributed by atoms with E-state index in [2.05, 4.69) is 0 Å². The molecule has 0 bridgehead atoms. The third-order valence-electron chi connectivity index (χ3n) is 6.17. The molecule has 1 heterocycles. The van der Waals surface area contributed by atoms with Crippen LogP contribution in [0.15, 0.2) is 35.9 Å². The van der Waals surface area contributed by atoms with Crippen LogP contribution in [0.5, 0.6) is 0 Å². The lowest BCUT2D eigenvalue weighted by atomic mass is 9.54. The molecule has 0 spiro atoms. The van der Waals surface area contributed by atoms with E-state index in [0.717, 1.165) is 23.9 Å². The van der Waals surface area contributed by atoms with Crippen molar-refractivity contribution in [1.82, 2.24) is 0 Å². The van der Waals surface area contributed by atoms with E-state index < -0.39 is 40.6 Å². The molecule has 0 amide bonds. The SMILES string of the molecule is CCC[NH+]1CC=C2C(C#N)C(=N)C(C#N)(C#N)[C@H](c3ccccc3C(F)(F)F)[C@H]2C1. The fraction of sp³-hybridized carbons (Fsp3) is 0.455. The Hall–Kier alpha value is -3.15. The largest absolute Gasteiger partial charge is 0.416 e. The summed E-state index contributed by atoms with van der Waals surface area (Å²) in [5.74, 6) is -2.87. The minimum absolute atomic E-state index is 0.164. The highest BCUT2D eigenvalue weighted by Crippen LogP contribution is 2.54. The van der Waals surface area contributed by atoms with Gasteiger partial charge in [-0.2, -0.15) is 29.0 Å². The number of nitrogens with zero attached hydrogens (tertiary/aromatic N) is 3. The second kappa shape index (κ2) is 7.94. The third-order valence-corrected chi connectivity index (χ3v) is 6.17. The predicted octanol–water partition coefficient (Wildman–Crippen LogP) is 2.85. The molecule has 1 aromatic carbocycles. The number of hydrogen-bond acceptors (Lipinski definition) is 4. The molecule has 1 aromatic rings. The maximum atomic E-state index is 13.8. The molecular weight excluding hydrogens is 391 g/mol. The molecule has 1 saturated carbocycles. The monoisotopic (exact) mass is 412 g/mol. The first-order valence-corrected chi connectivity index (χ1v) is 9.75. The van der Waals surface area contributed by atoms with E-state index in [-0.39, 0.29) is 5.56 Å². The quantitative estimate of drug-likeness (QED) is 0.747. The third kappa shape index (κ3) is 3.26. The van der Waals surface area contributed by atoms with Crippen molar-refractivity contribution in [3.8, 4) is 18.2 Å². The Kier molecular flexibility index (Phi) is 5.70. The maximum absolute atomic E-state index is 13.8. The van der Waals surface area contributed by atoms with Crippen LogP contribution >= 0.6 is 0 Å².